The Morgan fingerprint density at radius 3 is 2.68 bits per heavy atom. The Bertz CT molecular complexity index is 406. The molecular weight excluding hydrogens is 234 g/mol. The van der Waals surface area contributed by atoms with E-state index in [1.54, 1.807) is 0 Å². The molecule has 19 heavy (non-hydrogen) atoms. The highest BCUT2D eigenvalue weighted by atomic mass is 15.3. The lowest BCUT2D eigenvalue weighted by Crippen LogP contribution is -2.32. The molecule has 0 aliphatic carbocycles. The van der Waals surface area contributed by atoms with E-state index in [2.05, 4.69) is 47.2 Å². The van der Waals surface area contributed by atoms with Crippen LogP contribution < -0.4 is 5.73 Å². The van der Waals surface area contributed by atoms with Gasteiger partial charge in [0, 0.05) is 32.2 Å². The van der Waals surface area contributed by atoms with Crippen molar-refractivity contribution >= 4 is 0 Å². The molecule has 1 aromatic rings. The van der Waals surface area contributed by atoms with Crippen molar-refractivity contribution in [2.24, 2.45) is 17.6 Å². The molecule has 2 aliphatic rings. The number of likely N-dealkylation sites (tertiary alicyclic amines) is 2. The molecule has 1 aromatic carbocycles. The standard InChI is InChI=1S/C16H25N3/c1-18-10-14(7-8-17)15-11-19(12-16(15)18)9-13-5-3-2-4-6-13/h2-6,14-16H,7-12,17H2,1H3. The number of nitrogens with two attached hydrogens (primary N) is 1. The zero-order chi connectivity index (χ0) is 13.2. The van der Waals surface area contributed by atoms with Gasteiger partial charge in [0.2, 0.25) is 0 Å². The molecule has 3 rings (SSSR count). The van der Waals surface area contributed by atoms with Crippen LogP contribution in [0.3, 0.4) is 0 Å². The lowest BCUT2D eigenvalue weighted by Gasteiger charge is -2.21. The van der Waals surface area contributed by atoms with Gasteiger partial charge in [0.05, 0.1) is 0 Å². The van der Waals surface area contributed by atoms with E-state index < -0.39 is 0 Å². The lowest BCUT2D eigenvalue weighted by molar-refractivity contribution is 0.243. The molecule has 2 heterocycles. The first-order valence-corrected chi connectivity index (χ1v) is 7.44. The van der Waals surface area contributed by atoms with Crippen molar-refractivity contribution in [1.29, 1.82) is 0 Å². The highest BCUT2D eigenvalue weighted by Gasteiger charge is 2.44. The van der Waals surface area contributed by atoms with Gasteiger partial charge in [-0.05, 0) is 37.4 Å². The fraction of sp³-hybridized carbons (Fsp3) is 0.625. The first-order valence-electron chi connectivity index (χ1n) is 7.44. The fourth-order valence-electron chi connectivity index (χ4n) is 3.95. The molecule has 2 N–H and O–H groups in total. The second kappa shape index (κ2) is 5.61. The average molecular weight is 259 g/mol. The van der Waals surface area contributed by atoms with Gasteiger partial charge in [0.1, 0.15) is 0 Å². The van der Waals surface area contributed by atoms with Gasteiger partial charge in [-0.3, -0.25) is 4.90 Å². The maximum Gasteiger partial charge on any atom is 0.0263 e. The van der Waals surface area contributed by atoms with E-state index in [1.807, 2.05) is 0 Å². The van der Waals surface area contributed by atoms with Crippen LogP contribution in [0.2, 0.25) is 0 Å². The van der Waals surface area contributed by atoms with E-state index in [0.29, 0.717) is 0 Å². The van der Waals surface area contributed by atoms with Crippen molar-refractivity contribution in [1.82, 2.24) is 9.80 Å². The molecule has 0 aromatic heterocycles. The van der Waals surface area contributed by atoms with Crippen LogP contribution in [0.15, 0.2) is 30.3 Å². The zero-order valence-electron chi connectivity index (χ0n) is 11.8. The third-order valence-electron chi connectivity index (χ3n) is 4.89. The van der Waals surface area contributed by atoms with Crippen LogP contribution >= 0.6 is 0 Å². The minimum Gasteiger partial charge on any atom is -0.330 e. The Balaban J connectivity index is 1.63. The number of nitrogens with zero attached hydrogens (tertiary/aromatic N) is 2. The number of hydrogen-bond donors (Lipinski definition) is 1. The van der Waals surface area contributed by atoms with E-state index in [9.17, 15) is 0 Å². The largest absolute Gasteiger partial charge is 0.330 e. The topological polar surface area (TPSA) is 32.5 Å². The van der Waals surface area contributed by atoms with Crippen molar-refractivity contribution in [2.45, 2.75) is 19.0 Å². The molecule has 0 spiro atoms. The van der Waals surface area contributed by atoms with E-state index >= 15 is 0 Å². The molecule has 2 saturated heterocycles. The smallest absolute Gasteiger partial charge is 0.0263 e. The van der Waals surface area contributed by atoms with Gasteiger partial charge in [-0.1, -0.05) is 30.3 Å². The van der Waals surface area contributed by atoms with E-state index in [4.69, 9.17) is 5.73 Å². The van der Waals surface area contributed by atoms with Crippen LogP contribution in [0.25, 0.3) is 0 Å². The zero-order valence-corrected chi connectivity index (χ0v) is 11.8. The molecular formula is C16H25N3. The molecule has 3 atom stereocenters. The average Bonchev–Trinajstić information content (AvgIpc) is 2.93. The maximum atomic E-state index is 5.76. The molecule has 104 valence electrons. The monoisotopic (exact) mass is 259 g/mol. The number of fused-ring (bicyclic) bond motifs is 1. The predicted octanol–water partition coefficient (Wildman–Crippen LogP) is 1.40. The van der Waals surface area contributed by atoms with Crippen molar-refractivity contribution in [3.05, 3.63) is 35.9 Å². The van der Waals surface area contributed by atoms with Crippen LogP contribution in [0.5, 0.6) is 0 Å². The Labute approximate surface area is 116 Å². The van der Waals surface area contributed by atoms with Crippen molar-refractivity contribution in [3.8, 4) is 0 Å². The quantitative estimate of drug-likeness (QED) is 0.887. The van der Waals surface area contributed by atoms with Gasteiger partial charge in [0.25, 0.3) is 0 Å². The third-order valence-corrected chi connectivity index (χ3v) is 4.89. The van der Waals surface area contributed by atoms with Crippen LogP contribution in [0, 0.1) is 11.8 Å². The maximum absolute atomic E-state index is 5.76. The number of hydrogen-bond acceptors (Lipinski definition) is 3. The van der Waals surface area contributed by atoms with Crippen molar-refractivity contribution < 1.29 is 0 Å². The molecule has 3 nitrogen and oxygen atoms in total. The minimum absolute atomic E-state index is 0.750. The Hall–Kier alpha value is -0.900. The Morgan fingerprint density at radius 2 is 1.95 bits per heavy atom. The highest BCUT2D eigenvalue weighted by Crippen LogP contribution is 2.36. The number of rotatable bonds is 4. The van der Waals surface area contributed by atoms with Gasteiger partial charge in [0.15, 0.2) is 0 Å². The molecule has 0 radical (unpaired) electrons. The van der Waals surface area contributed by atoms with Crippen molar-refractivity contribution in [3.63, 3.8) is 0 Å². The van der Waals surface area contributed by atoms with Gasteiger partial charge in [-0.2, -0.15) is 0 Å². The summed E-state index contributed by atoms with van der Waals surface area (Å²) in [6, 6.07) is 11.6. The Kier molecular flexibility index (Phi) is 3.87. The molecule has 0 saturated carbocycles. The van der Waals surface area contributed by atoms with Crippen LogP contribution in [-0.4, -0.2) is 49.1 Å². The molecule has 2 fully saturated rings. The first-order chi connectivity index (χ1) is 9.28. The summed E-state index contributed by atoms with van der Waals surface area (Å²) in [6.07, 6.45) is 1.19. The van der Waals surface area contributed by atoms with Gasteiger partial charge < -0.3 is 10.6 Å². The summed E-state index contributed by atoms with van der Waals surface area (Å²) in [5.74, 6) is 1.64. The highest BCUT2D eigenvalue weighted by molar-refractivity contribution is 5.15. The summed E-state index contributed by atoms with van der Waals surface area (Å²) in [6.45, 7) is 5.63. The predicted molar refractivity (Wildman–Crippen MR) is 78.8 cm³/mol. The molecule has 0 amide bonds. The normalized spacial score (nSPS) is 31.8. The summed E-state index contributed by atoms with van der Waals surface area (Å²) < 4.78 is 0. The molecule has 0 bridgehead atoms. The summed E-state index contributed by atoms with van der Waals surface area (Å²) in [4.78, 5) is 5.17. The number of likely N-dealkylation sites (N-methyl/N-ethyl adjacent to an activating group) is 1. The summed E-state index contributed by atoms with van der Waals surface area (Å²) in [5, 5.41) is 0. The second-order valence-electron chi connectivity index (χ2n) is 6.19. The summed E-state index contributed by atoms with van der Waals surface area (Å²) in [7, 11) is 2.28. The second-order valence-corrected chi connectivity index (χ2v) is 6.19. The van der Waals surface area contributed by atoms with E-state index in [0.717, 1.165) is 31.0 Å². The van der Waals surface area contributed by atoms with Gasteiger partial charge in [-0.25, -0.2) is 0 Å². The van der Waals surface area contributed by atoms with Crippen LogP contribution in [0.4, 0.5) is 0 Å². The minimum atomic E-state index is 0.750. The van der Waals surface area contributed by atoms with Gasteiger partial charge in [-0.15, -0.1) is 0 Å². The molecule has 3 heteroatoms. The van der Waals surface area contributed by atoms with Crippen LogP contribution in [0.1, 0.15) is 12.0 Å². The van der Waals surface area contributed by atoms with E-state index in [-0.39, 0.29) is 0 Å². The van der Waals surface area contributed by atoms with E-state index in [1.165, 1.54) is 31.6 Å². The molecule has 2 aliphatic heterocycles. The summed E-state index contributed by atoms with van der Waals surface area (Å²) >= 11 is 0. The Morgan fingerprint density at radius 1 is 1.16 bits per heavy atom. The lowest BCUT2D eigenvalue weighted by atomic mass is 9.90. The first kappa shape index (κ1) is 13.1. The SMILES string of the molecule is CN1CC(CCN)C2CN(Cc3ccccc3)CC21. The number of benzene rings is 1. The summed E-state index contributed by atoms with van der Waals surface area (Å²) in [5.41, 5.74) is 7.19. The third kappa shape index (κ3) is 2.69. The fourth-order valence-corrected chi connectivity index (χ4v) is 3.95. The molecule has 3 unspecified atom stereocenters. The van der Waals surface area contributed by atoms with Gasteiger partial charge >= 0.3 is 0 Å². The van der Waals surface area contributed by atoms with Crippen LogP contribution in [-0.2, 0) is 6.54 Å². The van der Waals surface area contributed by atoms with Crippen molar-refractivity contribution in [2.75, 3.05) is 33.2 Å².